The summed E-state index contributed by atoms with van der Waals surface area (Å²) in [5, 5.41) is 2.69. The fourth-order valence-electron chi connectivity index (χ4n) is 1.46. The molecule has 0 aliphatic rings. The number of nitrogens with two attached hydrogens (primary N) is 1. The lowest BCUT2D eigenvalue weighted by atomic mass is 9.99. The van der Waals surface area contributed by atoms with Gasteiger partial charge in [0.2, 0.25) is 5.91 Å². The molecule has 0 radical (unpaired) electrons. The molecule has 1 rings (SSSR count). The zero-order chi connectivity index (χ0) is 13.0. The molecular weight excluding hydrogens is 219 g/mol. The smallest absolute Gasteiger partial charge is 0.241 e. The number of aryl methyl sites for hydroxylation is 1. The normalized spacial score (nSPS) is 14.2. The minimum absolute atomic E-state index is 0.122. The SMILES string of the molecule is CC[C@H](C)[C@H](N)C(=O)Nc1ccc(F)c(C)c1. The van der Waals surface area contributed by atoms with Crippen LogP contribution in [-0.4, -0.2) is 11.9 Å². The Morgan fingerprint density at radius 3 is 2.71 bits per heavy atom. The van der Waals surface area contributed by atoms with Gasteiger partial charge in [0.1, 0.15) is 5.82 Å². The summed E-state index contributed by atoms with van der Waals surface area (Å²) in [6.45, 7) is 5.57. The maximum Gasteiger partial charge on any atom is 0.241 e. The number of nitrogens with one attached hydrogen (secondary N) is 1. The van der Waals surface area contributed by atoms with Crippen molar-refractivity contribution in [3.8, 4) is 0 Å². The molecule has 0 saturated carbocycles. The van der Waals surface area contributed by atoms with Crippen LogP contribution >= 0.6 is 0 Å². The molecule has 0 saturated heterocycles. The van der Waals surface area contributed by atoms with Crippen LogP contribution in [0.5, 0.6) is 0 Å². The van der Waals surface area contributed by atoms with Gasteiger partial charge in [0.05, 0.1) is 6.04 Å². The van der Waals surface area contributed by atoms with Crippen LogP contribution in [-0.2, 0) is 4.79 Å². The van der Waals surface area contributed by atoms with E-state index in [9.17, 15) is 9.18 Å². The summed E-state index contributed by atoms with van der Waals surface area (Å²) in [6.07, 6.45) is 0.844. The molecule has 0 spiro atoms. The van der Waals surface area contributed by atoms with Crippen molar-refractivity contribution < 1.29 is 9.18 Å². The van der Waals surface area contributed by atoms with E-state index in [2.05, 4.69) is 5.32 Å². The molecule has 0 unspecified atom stereocenters. The van der Waals surface area contributed by atoms with Gasteiger partial charge < -0.3 is 11.1 Å². The monoisotopic (exact) mass is 238 g/mol. The number of hydrogen-bond acceptors (Lipinski definition) is 2. The topological polar surface area (TPSA) is 55.1 Å². The van der Waals surface area contributed by atoms with E-state index in [4.69, 9.17) is 5.73 Å². The first-order chi connectivity index (χ1) is 7.95. The second kappa shape index (κ2) is 5.77. The number of carbonyl (C=O) groups excluding carboxylic acids is 1. The van der Waals surface area contributed by atoms with E-state index >= 15 is 0 Å². The average molecular weight is 238 g/mol. The van der Waals surface area contributed by atoms with E-state index in [1.165, 1.54) is 12.1 Å². The lowest BCUT2D eigenvalue weighted by Crippen LogP contribution is -2.40. The highest BCUT2D eigenvalue weighted by molar-refractivity contribution is 5.94. The molecule has 0 bridgehead atoms. The summed E-state index contributed by atoms with van der Waals surface area (Å²) in [6, 6.07) is 3.92. The molecule has 0 aromatic heterocycles. The molecule has 1 aromatic rings. The van der Waals surface area contributed by atoms with Gasteiger partial charge in [-0.1, -0.05) is 20.3 Å². The summed E-state index contributed by atoms with van der Waals surface area (Å²) in [4.78, 5) is 11.8. The molecule has 2 atom stereocenters. The largest absolute Gasteiger partial charge is 0.325 e. The predicted octanol–water partition coefficient (Wildman–Crippen LogP) is 2.45. The third kappa shape index (κ3) is 3.53. The molecule has 94 valence electrons. The maximum atomic E-state index is 13.0. The first-order valence-electron chi connectivity index (χ1n) is 5.78. The van der Waals surface area contributed by atoms with Crippen LogP contribution in [0, 0.1) is 18.7 Å². The summed E-state index contributed by atoms with van der Waals surface area (Å²) in [5.74, 6) is -0.392. The van der Waals surface area contributed by atoms with Gasteiger partial charge in [0, 0.05) is 5.69 Å². The van der Waals surface area contributed by atoms with Gasteiger partial charge in [-0.05, 0) is 36.6 Å². The second-order valence-electron chi connectivity index (χ2n) is 4.36. The lowest BCUT2D eigenvalue weighted by Gasteiger charge is -2.17. The van der Waals surface area contributed by atoms with Gasteiger partial charge in [-0.15, -0.1) is 0 Å². The van der Waals surface area contributed by atoms with Gasteiger partial charge in [0.15, 0.2) is 0 Å². The van der Waals surface area contributed by atoms with Crippen molar-refractivity contribution in [2.24, 2.45) is 11.7 Å². The summed E-state index contributed by atoms with van der Waals surface area (Å²) < 4.78 is 13.0. The van der Waals surface area contributed by atoms with Crippen LogP contribution < -0.4 is 11.1 Å². The van der Waals surface area contributed by atoms with Gasteiger partial charge in [-0.25, -0.2) is 4.39 Å². The number of rotatable bonds is 4. The molecule has 17 heavy (non-hydrogen) atoms. The van der Waals surface area contributed by atoms with E-state index in [1.807, 2.05) is 13.8 Å². The highest BCUT2D eigenvalue weighted by Gasteiger charge is 2.19. The summed E-state index contributed by atoms with van der Waals surface area (Å²) >= 11 is 0. The Hall–Kier alpha value is -1.42. The molecule has 0 aliphatic carbocycles. The number of anilines is 1. The van der Waals surface area contributed by atoms with Crippen LogP contribution in [0.4, 0.5) is 10.1 Å². The van der Waals surface area contributed by atoms with Gasteiger partial charge in [-0.3, -0.25) is 4.79 Å². The van der Waals surface area contributed by atoms with E-state index in [0.29, 0.717) is 11.3 Å². The van der Waals surface area contributed by atoms with Crippen LogP contribution in [0.3, 0.4) is 0 Å². The molecule has 4 heteroatoms. The quantitative estimate of drug-likeness (QED) is 0.846. The Labute approximate surface area is 101 Å². The lowest BCUT2D eigenvalue weighted by molar-refractivity contribution is -0.118. The Morgan fingerprint density at radius 1 is 1.53 bits per heavy atom. The summed E-state index contributed by atoms with van der Waals surface area (Å²) in [7, 11) is 0. The Bertz CT molecular complexity index is 406. The zero-order valence-corrected chi connectivity index (χ0v) is 10.5. The molecule has 1 aromatic carbocycles. The molecule has 3 N–H and O–H groups in total. The molecule has 0 heterocycles. The van der Waals surface area contributed by atoms with Crippen LogP contribution in [0.25, 0.3) is 0 Å². The summed E-state index contributed by atoms with van der Waals surface area (Å²) in [5.41, 5.74) is 6.88. The van der Waals surface area contributed by atoms with E-state index < -0.39 is 6.04 Å². The number of benzene rings is 1. The fraction of sp³-hybridized carbons (Fsp3) is 0.462. The minimum atomic E-state index is -0.537. The third-order valence-corrected chi connectivity index (χ3v) is 2.99. The standard InChI is InChI=1S/C13H19FN2O/c1-4-8(2)12(15)13(17)16-10-5-6-11(14)9(3)7-10/h5-8,12H,4,15H2,1-3H3,(H,16,17)/t8-,12-/m0/s1. The Balaban J connectivity index is 2.71. The molecule has 3 nitrogen and oxygen atoms in total. The zero-order valence-electron chi connectivity index (χ0n) is 10.5. The second-order valence-corrected chi connectivity index (χ2v) is 4.36. The van der Waals surface area contributed by atoms with Crippen molar-refractivity contribution in [1.82, 2.24) is 0 Å². The third-order valence-electron chi connectivity index (χ3n) is 2.99. The maximum absolute atomic E-state index is 13.0. The predicted molar refractivity (Wildman–Crippen MR) is 67.2 cm³/mol. The van der Waals surface area contributed by atoms with E-state index in [-0.39, 0.29) is 17.6 Å². The van der Waals surface area contributed by atoms with Crippen LogP contribution in [0.1, 0.15) is 25.8 Å². The number of halogens is 1. The number of amides is 1. The Kier molecular flexibility index (Phi) is 4.63. The van der Waals surface area contributed by atoms with Crippen molar-refractivity contribution in [2.75, 3.05) is 5.32 Å². The van der Waals surface area contributed by atoms with E-state index in [1.54, 1.807) is 13.0 Å². The van der Waals surface area contributed by atoms with Gasteiger partial charge >= 0.3 is 0 Å². The van der Waals surface area contributed by atoms with E-state index in [0.717, 1.165) is 6.42 Å². The van der Waals surface area contributed by atoms with Crippen molar-refractivity contribution in [3.63, 3.8) is 0 Å². The molecule has 0 aliphatic heterocycles. The van der Waals surface area contributed by atoms with Crippen molar-refractivity contribution in [1.29, 1.82) is 0 Å². The van der Waals surface area contributed by atoms with Crippen molar-refractivity contribution in [2.45, 2.75) is 33.2 Å². The highest BCUT2D eigenvalue weighted by Crippen LogP contribution is 2.15. The Morgan fingerprint density at radius 2 is 2.18 bits per heavy atom. The number of carbonyl (C=O) groups is 1. The van der Waals surface area contributed by atoms with Gasteiger partial charge in [0.25, 0.3) is 0 Å². The van der Waals surface area contributed by atoms with Gasteiger partial charge in [-0.2, -0.15) is 0 Å². The number of hydrogen-bond donors (Lipinski definition) is 2. The minimum Gasteiger partial charge on any atom is -0.325 e. The van der Waals surface area contributed by atoms with Crippen LogP contribution in [0.15, 0.2) is 18.2 Å². The fourth-order valence-corrected chi connectivity index (χ4v) is 1.46. The molecule has 1 amide bonds. The molecule has 0 fully saturated rings. The van der Waals surface area contributed by atoms with Crippen molar-refractivity contribution >= 4 is 11.6 Å². The van der Waals surface area contributed by atoms with Crippen LogP contribution in [0.2, 0.25) is 0 Å². The highest BCUT2D eigenvalue weighted by atomic mass is 19.1. The first kappa shape index (κ1) is 13.6. The first-order valence-corrected chi connectivity index (χ1v) is 5.78. The molecular formula is C13H19FN2O. The average Bonchev–Trinajstić information content (AvgIpc) is 2.31. The van der Waals surface area contributed by atoms with Crippen molar-refractivity contribution in [3.05, 3.63) is 29.6 Å².